The van der Waals surface area contributed by atoms with Crippen LogP contribution in [-0.4, -0.2) is 52.0 Å². The summed E-state index contributed by atoms with van der Waals surface area (Å²) in [7, 11) is 0. The van der Waals surface area contributed by atoms with E-state index in [9.17, 15) is 18.4 Å². The van der Waals surface area contributed by atoms with Crippen LogP contribution in [0.3, 0.4) is 0 Å². The maximum absolute atomic E-state index is 13.5. The van der Waals surface area contributed by atoms with Gasteiger partial charge in [0, 0.05) is 28.4 Å². The second kappa shape index (κ2) is 8.93. The summed E-state index contributed by atoms with van der Waals surface area (Å²) in [6.07, 6.45) is 2.48. The first kappa shape index (κ1) is 21.7. The zero-order valence-electron chi connectivity index (χ0n) is 16.5. The number of nitrogens with zero attached hydrogens (tertiary/aromatic N) is 3. The highest BCUT2D eigenvalue weighted by atomic mass is 32.2. The normalized spacial score (nSPS) is 19.8. The third-order valence-electron chi connectivity index (χ3n) is 5.03. The van der Waals surface area contributed by atoms with Crippen LogP contribution in [0.2, 0.25) is 0 Å². The van der Waals surface area contributed by atoms with Gasteiger partial charge in [-0.2, -0.15) is 5.26 Å². The van der Waals surface area contributed by atoms with E-state index >= 15 is 0 Å². The SMILES string of the molecule is N#C[C@@H]1CC(F)(F)CN1C(=O)CNC(=O)c1csc(Cc2ccc(SC3CC3)cc2)n1. The highest BCUT2D eigenvalue weighted by Crippen LogP contribution is 2.39. The quantitative estimate of drug-likeness (QED) is 0.681. The van der Waals surface area contributed by atoms with E-state index in [2.05, 4.69) is 34.6 Å². The first-order valence-electron chi connectivity index (χ1n) is 9.88. The van der Waals surface area contributed by atoms with Crippen LogP contribution in [0.1, 0.15) is 40.3 Å². The number of carbonyl (C=O) groups excluding carboxylic acids is 2. The maximum Gasteiger partial charge on any atom is 0.271 e. The van der Waals surface area contributed by atoms with Crippen LogP contribution in [0, 0.1) is 11.3 Å². The number of rotatable bonds is 7. The molecule has 2 amide bonds. The lowest BCUT2D eigenvalue weighted by molar-refractivity contribution is -0.131. The van der Waals surface area contributed by atoms with Gasteiger partial charge in [-0.05, 0) is 30.5 Å². The van der Waals surface area contributed by atoms with Gasteiger partial charge < -0.3 is 10.2 Å². The zero-order chi connectivity index (χ0) is 22.0. The fourth-order valence-corrected chi connectivity index (χ4v) is 5.14. The summed E-state index contributed by atoms with van der Waals surface area (Å²) < 4.78 is 27.0. The number of hydrogen-bond donors (Lipinski definition) is 1. The molecule has 1 aromatic heterocycles. The molecule has 2 fully saturated rings. The summed E-state index contributed by atoms with van der Waals surface area (Å²) in [5, 5.41) is 14.5. The number of nitrogens with one attached hydrogen (secondary N) is 1. The predicted octanol–water partition coefficient (Wildman–Crippen LogP) is 3.48. The molecular formula is C21H20F2N4O2S2. The van der Waals surface area contributed by atoms with Crippen LogP contribution in [0.4, 0.5) is 8.78 Å². The van der Waals surface area contributed by atoms with Gasteiger partial charge in [0.15, 0.2) is 0 Å². The number of nitriles is 1. The molecule has 1 aromatic carbocycles. The molecule has 0 spiro atoms. The van der Waals surface area contributed by atoms with E-state index < -0.39 is 43.3 Å². The Kier molecular flexibility index (Phi) is 6.25. The first-order chi connectivity index (χ1) is 14.8. The number of carbonyl (C=O) groups is 2. The molecule has 0 radical (unpaired) electrons. The van der Waals surface area contributed by atoms with Crippen LogP contribution in [0.15, 0.2) is 34.5 Å². The van der Waals surface area contributed by atoms with E-state index in [0.29, 0.717) is 6.42 Å². The molecule has 0 bridgehead atoms. The zero-order valence-corrected chi connectivity index (χ0v) is 18.1. The molecule has 1 aliphatic heterocycles. The second-order valence-electron chi connectivity index (χ2n) is 7.67. The van der Waals surface area contributed by atoms with Crippen molar-refractivity contribution < 1.29 is 18.4 Å². The van der Waals surface area contributed by atoms with Crippen molar-refractivity contribution in [2.24, 2.45) is 0 Å². The lowest BCUT2D eigenvalue weighted by Crippen LogP contribution is -2.43. The maximum atomic E-state index is 13.5. The third-order valence-corrected chi connectivity index (χ3v) is 7.23. The van der Waals surface area contributed by atoms with Crippen LogP contribution in [0.25, 0.3) is 0 Å². The van der Waals surface area contributed by atoms with Crippen LogP contribution in [-0.2, 0) is 11.2 Å². The third kappa shape index (κ3) is 5.60. The van der Waals surface area contributed by atoms with Crippen molar-refractivity contribution in [3.8, 4) is 6.07 Å². The Balaban J connectivity index is 1.29. The van der Waals surface area contributed by atoms with Crippen molar-refractivity contribution in [1.29, 1.82) is 5.26 Å². The molecule has 4 rings (SSSR count). The Morgan fingerprint density at radius 3 is 2.74 bits per heavy atom. The standard InChI is InChI=1S/C21H20F2N4O2S2/c22-21(23)8-14(9-24)27(12-21)19(28)10-25-20(29)17-11-30-18(26-17)7-13-1-3-15(4-2-13)31-16-5-6-16/h1-4,11,14,16H,5-8,10,12H2,(H,25,29)/t14-/m0/s1. The number of hydrogen-bond acceptors (Lipinski definition) is 6. The number of halogens is 2. The first-order valence-corrected chi connectivity index (χ1v) is 11.6. The fraction of sp³-hybridized carbons (Fsp3) is 0.429. The highest BCUT2D eigenvalue weighted by Gasteiger charge is 2.47. The highest BCUT2D eigenvalue weighted by molar-refractivity contribution is 8.00. The summed E-state index contributed by atoms with van der Waals surface area (Å²) in [5.41, 5.74) is 1.27. The Morgan fingerprint density at radius 2 is 2.06 bits per heavy atom. The Labute approximate surface area is 186 Å². The molecule has 31 heavy (non-hydrogen) atoms. The van der Waals surface area contributed by atoms with Crippen molar-refractivity contribution in [2.75, 3.05) is 13.1 Å². The molecule has 6 nitrogen and oxygen atoms in total. The predicted molar refractivity (Wildman–Crippen MR) is 113 cm³/mol. The summed E-state index contributed by atoms with van der Waals surface area (Å²) in [6.45, 7) is -1.27. The van der Waals surface area contributed by atoms with Crippen molar-refractivity contribution in [2.45, 2.75) is 47.8 Å². The lowest BCUT2D eigenvalue weighted by atomic mass is 10.2. The number of amides is 2. The van der Waals surface area contributed by atoms with Crippen LogP contribution < -0.4 is 5.32 Å². The largest absolute Gasteiger partial charge is 0.342 e. The minimum Gasteiger partial charge on any atom is -0.342 e. The number of thiazole rings is 1. The van der Waals surface area contributed by atoms with Gasteiger partial charge in [0.1, 0.15) is 11.7 Å². The fourth-order valence-electron chi connectivity index (χ4n) is 3.28. The van der Waals surface area contributed by atoms with E-state index in [1.807, 2.05) is 11.8 Å². The van der Waals surface area contributed by atoms with Gasteiger partial charge in [-0.25, -0.2) is 13.8 Å². The molecule has 1 saturated heterocycles. The van der Waals surface area contributed by atoms with Gasteiger partial charge in [-0.15, -0.1) is 23.1 Å². The minimum atomic E-state index is -3.08. The number of thioether (sulfide) groups is 1. The monoisotopic (exact) mass is 462 g/mol. The van der Waals surface area contributed by atoms with Crippen LogP contribution >= 0.6 is 23.1 Å². The number of likely N-dealkylation sites (tertiary alicyclic amines) is 1. The van der Waals surface area contributed by atoms with Gasteiger partial charge >= 0.3 is 0 Å². The summed E-state index contributed by atoms with van der Waals surface area (Å²) in [6, 6.07) is 8.84. The van der Waals surface area contributed by atoms with Gasteiger partial charge in [0.2, 0.25) is 5.91 Å². The molecule has 2 heterocycles. The van der Waals surface area contributed by atoms with E-state index in [-0.39, 0.29) is 5.69 Å². The molecule has 2 aromatic rings. The second-order valence-corrected chi connectivity index (χ2v) is 9.99. The smallest absolute Gasteiger partial charge is 0.271 e. The average molecular weight is 463 g/mol. The number of alkyl halides is 2. The van der Waals surface area contributed by atoms with Crippen molar-refractivity contribution in [3.63, 3.8) is 0 Å². The van der Waals surface area contributed by atoms with E-state index in [1.54, 1.807) is 11.4 Å². The summed E-state index contributed by atoms with van der Waals surface area (Å²) in [5.74, 6) is -4.35. The van der Waals surface area contributed by atoms with Crippen LogP contribution in [0.5, 0.6) is 0 Å². The minimum absolute atomic E-state index is 0.178. The van der Waals surface area contributed by atoms with Crippen molar-refractivity contribution in [1.82, 2.24) is 15.2 Å². The molecule has 1 atom stereocenters. The molecule has 0 unspecified atom stereocenters. The number of benzene rings is 1. The molecule has 162 valence electrons. The molecule has 10 heteroatoms. The Morgan fingerprint density at radius 1 is 1.32 bits per heavy atom. The summed E-state index contributed by atoms with van der Waals surface area (Å²) in [4.78, 5) is 30.9. The van der Waals surface area contributed by atoms with Crippen molar-refractivity contribution >= 4 is 34.9 Å². The molecule has 2 aliphatic rings. The van der Waals surface area contributed by atoms with Gasteiger partial charge in [-0.1, -0.05) is 12.1 Å². The van der Waals surface area contributed by atoms with E-state index in [1.165, 1.54) is 29.1 Å². The Bertz CT molecular complexity index is 1020. The Hall–Kier alpha value is -2.51. The van der Waals surface area contributed by atoms with Gasteiger partial charge in [0.25, 0.3) is 11.8 Å². The van der Waals surface area contributed by atoms with E-state index in [4.69, 9.17) is 5.26 Å². The molecule has 1 aliphatic carbocycles. The molecule has 1 saturated carbocycles. The van der Waals surface area contributed by atoms with E-state index in [0.717, 1.165) is 20.7 Å². The topological polar surface area (TPSA) is 86.1 Å². The molecular weight excluding hydrogens is 442 g/mol. The molecule has 1 N–H and O–H groups in total. The average Bonchev–Trinajstić information content (AvgIpc) is 3.33. The van der Waals surface area contributed by atoms with Crippen molar-refractivity contribution in [3.05, 3.63) is 45.9 Å². The van der Waals surface area contributed by atoms with Gasteiger partial charge in [0.05, 0.1) is 24.2 Å². The van der Waals surface area contributed by atoms with Gasteiger partial charge in [-0.3, -0.25) is 9.59 Å². The summed E-state index contributed by atoms with van der Waals surface area (Å²) >= 11 is 3.24. The number of aromatic nitrogens is 1. The lowest BCUT2D eigenvalue weighted by Gasteiger charge is -2.19.